The van der Waals surface area contributed by atoms with Gasteiger partial charge in [0.15, 0.2) is 5.96 Å². The normalized spacial score (nSPS) is 13.2. The molecule has 0 fully saturated rings. The van der Waals surface area contributed by atoms with Crippen molar-refractivity contribution in [1.29, 1.82) is 0 Å². The molecule has 0 saturated carbocycles. The molecule has 0 aliphatic rings. The summed E-state index contributed by atoms with van der Waals surface area (Å²) in [7, 11) is 3.49. The summed E-state index contributed by atoms with van der Waals surface area (Å²) >= 11 is 0. The maximum absolute atomic E-state index is 5.14. The van der Waals surface area contributed by atoms with Gasteiger partial charge in [0.25, 0.3) is 0 Å². The number of hydrogen-bond donors (Lipinski definition) is 2. The molecule has 1 unspecified atom stereocenters. The van der Waals surface area contributed by atoms with Gasteiger partial charge >= 0.3 is 0 Å². The smallest absolute Gasteiger partial charge is 0.191 e. The SMILES string of the molecule is CCN(CC)Cc1cccc(CNC(=NC)NC(C)COC)c1. The molecule has 0 heterocycles. The Balaban J connectivity index is 2.56. The number of nitrogens with zero attached hydrogens (tertiary/aromatic N) is 2. The van der Waals surface area contributed by atoms with Crippen molar-refractivity contribution in [3.05, 3.63) is 35.4 Å². The van der Waals surface area contributed by atoms with Crippen molar-refractivity contribution < 1.29 is 4.74 Å². The highest BCUT2D eigenvalue weighted by Crippen LogP contribution is 2.08. The van der Waals surface area contributed by atoms with Gasteiger partial charge in [-0.1, -0.05) is 38.1 Å². The molecule has 0 radical (unpaired) electrons. The molecule has 23 heavy (non-hydrogen) atoms. The number of nitrogens with one attached hydrogen (secondary N) is 2. The molecule has 1 rings (SSSR count). The topological polar surface area (TPSA) is 48.9 Å². The Morgan fingerprint density at radius 1 is 1.26 bits per heavy atom. The molecule has 0 saturated heterocycles. The van der Waals surface area contributed by atoms with Crippen molar-refractivity contribution in [3.63, 3.8) is 0 Å². The van der Waals surface area contributed by atoms with Gasteiger partial charge in [-0.15, -0.1) is 0 Å². The number of ether oxygens (including phenoxy) is 1. The van der Waals surface area contributed by atoms with Crippen LogP contribution in [0.25, 0.3) is 0 Å². The van der Waals surface area contributed by atoms with E-state index < -0.39 is 0 Å². The lowest BCUT2D eigenvalue weighted by Crippen LogP contribution is -2.43. The number of guanidine groups is 1. The van der Waals surface area contributed by atoms with E-state index in [9.17, 15) is 0 Å². The Labute approximate surface area is 141 Å². The predicted octanol–water partition coefficient (Wildman–Crippen LogP) is 2.23. The van der Waals surface area contributed by atoms with E-state index >= 15 is 0 Å². The summed E-state index contributed by atoms with van der Waals surface area (Å²) in [5.74, 6) is 0.795. The summed E-state index contributed by atoms with van der Waals surface area (Å²) in [6.45, 7) is 11.0. The van der Waals surface area contributed by atoms with E-state index in [-0.39, 0.29) is 6.04 Å². The highest BCUT2D eigenvalue weighted by atomic mass is 16.5. The highest BCUT2D eigenvalue weighted by Gasteiger charge is 2.05. The van der Waals surface area contributed by atoms with Gasteiger partial charge in [-0.2, -0.15) is 0 Å². The van der Waals surface area contributed by atoms with Crippen LogP contribution >= 0.6 is 0 Å². The molecule has 2 N–H and O–H groups in total. The standard InChI is InChI=1S/C18H32N4O/c1-6-22(7-2)13-17-10-8-9-16(11-17)12-20-18(19-4)21-15(3)14-23-5/h8-11,15H,6-7,12-14H2,1-5H3,(H2,19,20,21). The van der Waals surface area contributed by atoms with Crippen LogP contribution in [-0.4, -0.2) is 50.8 Å². The van der Waals surface area contributed by atoms with Gasteiger partial charge in [-0.25, -0.2) is 0 Å². The molecule has 1 atom stereocenters. The molecule has 0 bridgehead atoms. The van der Waals surface area contributed by atoms with E-state index in [1.165, 1.54) is 11.1 Å². The van der Waals surface area contributed by atoms with Gasteiger partial charge in [-0.3, -0.25) is 9.89 Å². The van der Waals surface area contributed by atoms with Crippen molar-refractivity contribution >= 4 is 5.96 Å². The molecule has 0 amide bonds. The van der Waals surface area contributed by atoms with E-state index in [0.717, 1.165) is 32.1 Å². The van der Waals surface area contributed by atoms with Crippen LogP contribution in [0, 0.1) is 0 Å². The lowest BCUT2D eigenvalue weighted by atomic mass is 10.1. The molecule has 0 spiro atoms. The van der Waals surface area contributed by atoms with Crippen LogP contribution in [-0.2, 0) is 17.8 Å². The van der Waals surface area contributed by atoms with Crippen LogP contribution in [0.4, 0.5) is 0 Å². The minimum atomic E-state index is 0.222. The minimum absolute atomic E-state index is 0.222. The van der Waals surface area contributed by atoms with Gasteiger partial charge in [0.1, 0.15) is 0 Å². The Hall–Kier alpha value is -1.59. The fourth-order valence-electron chi connectivity index (χ4n) is 2.45. The van der Waals surface area contributed by atoms with Crippen molar-refractivity contribution in [2.24, 2.45) is 4.99 Å². The zero-order valence-electron chi connectivity index (χ0n) is 15.2. The molecule has 0 aliphatic heterocycles. The minimum Gasteiger partial charge on any atom is -0.383 e. The summed E-state index contributed by atoms with van der Waals surface area (Å²) in [6, 6.07) is 8.94. The molecule has 130 valence electrons. The average molecular weight is 320 g/mol. The molecule has 5 nitrogen and oxygen atoms in total. The first-order valence-corrected chi connectivity index (χ1v) is 8.39. The second-order valence-corrected chi connectivity index (χ2v) is 5.71. The number of methoxy groups -OCH3 is 1. The number of aliphatic imine (C=N–C) groups is 1. The van der Waals surface area contributed by atoms with Crippen LogP contribution in [0.3, 0.4) is 0 Å². The van der Waals surface area contributed by atoms with Crippen molar-refractivity contribution in [2.75, 3.05) is 33.9 Å². The number of hydrogen-bond acceptors (Lipinski definition) is 3. The Morgan fingerprint density at radius 2 is 1.96 bits per heavy atom. The van der Waals surface area contributed by atoms with Gasteiger partial charge in [0.05, 0.1) is 6.61 Å². The van der Waals surface area contributed by atoms with Crippen molar-refractivity contribution in [2.45, 2.75) is 39.9 Å². The summed E-state index contributed by atoms with van der Waals surface area (Å²) in [6.07, 6.45) is 0. The molecule has 0 aliphatic carbocycles. The monoisotopic (exact) mass is 320 g/mol. The summed E-state index contributed by atoms with van der Waals surface area (Å²) < 4.78 is 5.14. The maximum Gasteiger partial charge on any atom is 0.191 e. The lowest BCUT2D eigenvalue weighted by Gasteiger charge is -2.19. The first-order valence-electron chi connectivity index (χ1n) is 8.39. The summed E-state index contributed by atoms with van der Waals surface area (Å²) in [4.78, 5) is 6.67. The Bertz CT molecular complexity index is 472. The predicted molar refractivity (Wildman–Crippen MR) is 97.7 cm³/mol. The van der Waals surface area contributed by atoms with E-state index in [2.05, 4.69) is 65.6 Å². The van der Waals surface area contributed by atoms with Crippen LogP contribution < -0.4 is 10.6 Å². The molecular weight excluding hydrogens is 288 g/mol. The Morgan fingerprint density at radius 3 is 2.57 bits per heavy atom. The van der Waals surface area contributed by atoms with Crippen LogP contribution in [0.1, 0.15) is 31.9 Å². The quantitative estimate of drug-likeness (QED) is 0.541. The molecule has 0 aromatic heterocycles. The van der Waals surface area contributed by atoms with Gasteiger partial charge in [0, 0.05) is 33.3 Å². The molecule has 1 aromatic carbocycles. The zero-order chi connectivity index (χ0) is 17.1. The fraction of sp³-hybridized carbons (Fsp3) is 0.611. The molecular formula is C18H32N4O. The first kappa shape index (κ1) is 19.5. The van der Waals surface area contributed by atoms with Gasteiger partial charge < -0.3 is 15.4 Å². The van der Waals surface area contributed by atoms with E-state index in [0.29, 0.717) is 6.61 Å². The zero-order valence-corrected chi connectivity index (χ0v) is 15.2. The fourth-order valence-corrected chi connectivity index (χ4v) is 2.45. The second-order valence-electron chi connectivity index (χ2n) is 5.71. The maximum atomic E-state index is 5.14. The Kier molecular flexibility index (Phi) is 9.33. The summed E-state index contributed by atoms with van der Waals surface area (Å²) in [5, 5.41) is 6.66. The third kappa shape index (κ3) is 7.48. The van der Waals surface area contributed by atoms with Crippen molar-refractivity contribution in [1.82, 2.24) is 15.5 Å². The van der Waals surface area contributed by atoms with Crippen LogP contribution in [0.5, 0.6) is 0 Å². The second kappa shape index (κ2) is 11.0. The van der Waals surface area contributed by atoms with Gasteiger partial charge in [-0.05, 0) is 31.1 Å². The van der Waals surface area contributed by atoms with E-state index in [1.54, 1.807) is 14.2 Å². The van der Waals surface area contributed by atoms with E-state index in [1.807, 2.05) is 0 Å². The first-order chi connectivity index (χ1) is 11.1. The summed E-state index contributed by atoms with van der Waals surface area (Å²) in [5.41, 5.74) is 2.61. The average Bonchev–Trinajstić information content (AvgIpc) is 2.57. The lowest BCUT2D eigenvalue weighted by molar-refractivity contribution is 0.179. The molecule has 5 heteroatoms. The molecule has 1 aromatic rings. The van der Waals surface area contributed by atoms with Gasteiger partial charge in [0.2, 0.25) is 0 Å². The largest absolute Gasteiger partial charge is 0.383 e. The van der Waals surface area contributed by atoms with Crippen LogP contribution in [0.2, 0.25) is 0 Å². The van der Waals surface area contributed by atoms with Crippen molar-refractivity contribution in [3.8, 4) is 0 Å². The third-order valence-corrected chi connectivity index (χ3v) is 3.78. The highest BCUT2D eigenvalue weighted by molar-refractivity contribution is 5.79. The number of rotatable bonds is 9. The number of benzene rings is 1. The van der Waals surface area contributed by atoms with E-state index in [4.69, 9.17) is 4.74 Å². The third-order valence-electron chi connectivity index (χ3n) is 3.78. The van der Waals surface area contributed by atoms with Crippen LogP contribution in [0.15, 0.2) is 29.3 Å².